The van der Waals surface area contributed by atoms with E-state index >= 15 is 0 Å². The predicted octanol–water partition coefficient (Wildman–Crippen LogP) is 4.67. The fraction of sp³-hybridized carbons (Fsp3) is 0.310. The summed E-state index contributed by atoms with van der Waals surface area (Å²) >= 11 is 3.45. The molecule has 12 nitrogen and oxygen atoms in total. The highest BCUT2D eigenvalue weighted by molar-refractivity contribution is 9.10. The highest BCUT2D eigenvalue weighted by atomic mass is 79.9. The molecular formula is C29H31BrN10O2. The minimum Gasteiger partial charge on any atom is -0.472 e. The van der Waals surface area contributed by atoms with E-state index in [1.54, 1.807) is 17.1 Å². The van der Waals surface area contributed by atoms with Gasteiger partial charge in [-0.15, -0.1) is 0 Å². The summed E-state index contributed by atoms with van der Waals surface area (Å²) in [4.78, 5) is 36.3. The molecule has 1 amide bonds. The number of carbonyl (C=O) groups excluding carboxylic acids is 1. The molecule has 1 saturated heterocycles. The number of benzene rings is 1. The van der Waals surface area contributed by atoms with Crippen molar-refractivity contribution in [3.8, 4) is 17.1 Å². The van der Waals surface area contributed by atoms with Crippen molar-refractivity contribution >= 4 is 50.2 Å². The molecule has 1 aliphatic heterocycles. The molecule has 0 aliphatic carbocycles. The van der Waals surface area contributed by atoms with E-state index in [0.717, 1.165) is 50.9 Å². The highest BCUT2D eigenvalue weighted by Gasteiger charge is 2.27. The molecule has 6 rings (SSSR count). The van der Waals surface area contributed by atoms with Crippen LogP contribution in [0, 0.1) is 20.8 Å². The third kappa shape index (κ3) is 5.83. The lowest BCUT2D eigenvalue weighted by molar-refractivity contribution is -0.117. The van der Waals surface area contributed by atoms with Crippen LogP contribution in [-0.4, -0.2) is 71.2 Å². The van der Waals surface area contributed by atoms with Crippen LogP contribution in [0.5, 0.6) is 5.88 Å². The predicted molar refractivity (Wildman–Crippen MR) is 164 cm³/mol. The number of aryl methyl sites for hydroxylation is 4. The number of para-hydroxylation sites is 1. The number of H-pyrrole nitrogens is 1. The summed E-state index contributed by atoms with van der Waals surface area (Å²) in [6, 6.07) is 7.79. The van der Waals surface area contributed by atoms with Crippen LogP contribution in [0.4, 0.5) is 17.5 Å². The zero-order valence-corrected chi connectivity index (χ0v) is 25.4. The third-order valence-electron chi connectivity index (χ3n) is 7.28. The van der Waals surface area contributed by atoms with Crippen LogP contribution in [0.25, 0.3) is 22.2 Å². The Kier molecular flexibility index (Phi) is 7.60. The standard InChI is InChI=1S/C29H31BrN10O2/c1-16-11-33-29(36-24-10-17(2)39(4)38-24)37-26(16)21-12-32-27-20(21)6-5-7-23(27)35-25(41)15-40-9-8-19(14-40)42-28-22(30)13-31-18(3)34-28/h5-7,10-13,19,32H,8-9,14-15H2,1-4H3,(H,35,41)(H,33,36,37,38)/t19-/m0/s1. The van der Waals surface area contributed by atoms with Gasteiger partial charge in [0.05, 0.1) is 27.9 Å². The number of aromatic amines is 1. The molecule has 13 heteroatoms. The zero-order chi connectivity index (χ0) is 29.4. The van der Waals surface area contributed by atoms with Gasteiger partial charge in [0.2, 0.25) is 17.7 Å². The molecule has 3 N–H and O–H groups in total. The lowest BCUT2D eigenvalue weighted by Crippen LogP contribution is -2.33. The number of fused-ring (bicyclic) bond motifs is 1. The summed E-state index contributed by atoms with van der Waals surface area (Å²) in [5.41, 5.74) is 5.23. The van der Waals surface area contributed by atoms with Gasteiger partial charge in [-0.1, -0.05) is 12.1 Å². The Labute approximate surface area is 251 Å². The lowest BCUT2D eigenvalue weighted by Gasteiger charge is -2.17. The van der Waals surface area contributed by atoms with Crippen molar-refractivity contribution in [1.29, 1.82) is 0 Å². The van der Waals surface area contributed by atoms with Gasteiger partial charge >= 0.3 is 0 Å². The van der Waals surface area contributed by atoms with Crippen molar-refractivity contribution in [2.75, 3.05) is 30.3 Å². The first kappa shape index (κ1) is 27.8. The Morgan fingerprint density at radius 1 is 1.19 bits per heavy atom. The smallest absolute Gasteiger partial charge is 0.238 e. The van der Waals surface area contributed by atoms with Gasteiger partial charge in [0.1, 0.15) is 11.9 Å². The summed E-state index contributed by atoms with van der Waals surface area (Å²) in [5, 5.41) is 11.7. The normalized spacial score (nSPS) is 15.3. The Morgan fingerprint density at radius 3 is 2.86 bits per heavy atom. The van der Waals surface area contributed by atoms with Crippen LogP contribution in [0.15, 0.2) is 47.3 Å². The van der Waals surface area contributed by atoms with Crippen LogP contribution in [-0.2, 0) is 11.8 Å². The number of amides is 1. The number of ether oxygens (including phenoxy) is 1. The van der Waals surface area contributed by atoms with Gasteiger partial charge in [0.15, 0.2) is 5.82 Å². The van der Waals surface area contributed by atoms with Crippen molar-refractivity contribution in [3.63, 3.8) is 0 Å². The quantitative estimate of drug-likeness (QED) is 0.223. The van der Waals surface area contributed by atoms with Crippen LogP contribution in [0.3, 0.4) is 0 Å². The number of nitrogens with one attached hydrogen (secondary N) is 3. The van der Waals surface area contributed by atoms with Gasteiger partial charge in [-0.25, -0.2) is 15.0 Å². The van der Waals surface area contributed by atoms with Gasteiger partial charge in [0.25, 0.3) is 0 Å². The van der Waals surface area contributed by atoms with E-state index in [-0.39, 0.29) is 18.6 Å². The number of hydrogen-bond acceptors (Lipinski definition) is 9. The maximum atomic E-state index is 13.1. The molecule has 0 spiro atoms. The molecule has 42 heavy (non-hydrogen) atoms. The highest BCUT2D eigenvalue weighted by Crippen LogP contribution is 2.33. The second kappa shape index (κ2) is 11.5. The Bertz CT molecular complexity index is 1760. The molecule has 0 radical (unpaired) electrons. The molecule has 1 atom stereocenters. The summed E-state index contributed by atoms with van der Waals surface area (Å²) < 4.78 is 8.59. The van der Waals surface area contributed by atoms with E-state index in [1.165, 1.54) is 0 Å². The summed E-state index contributed by atoms with van der Waals surface area (Å²) in [5.74, 6) is 2.23. The van der Waals surface area contributed by atoms with Crippen LogP contribution >= 0.6 is 15.9 Å². The summed E-state index contributed by atoms with van der Waals surface area (Å²) in [6.07, 6.45) is 6.17. The van der Waals surface area contributed by atoms with Crippen LogP contribution < -0.4 is 15.4 Å². The third-order valence-corrected chi connectivity index (χ3v) is 7.82. The van der Waals surface area contributed by atoms with Gasteiger partial charge in [-0.2, -0.15) is 10.1 Å². The molecule has 216 valence electrons. The average molecular weight is 632 g/mol. The number of nitrogens with zero attached hydrogens (tertiary/aromatic N) is 7. The Morgan fingerprint density at radius 2 is 2.05 bits per heavy atom. The molecule has 0 unspecified atom stereocenters. The maximum Gasteiger partial charge on any atom is 0.238 e. The first-order valence-corrected chi connectivity index (χ1v) is 14.4. The molecule has 1 aromatic carbocycles. The molecule has 0 saturated carbocycles. The van der Waals surface area contributed by atoms with E-state index in [9.17, 15) is 4.79 Å². The fourth-order valence-electron chi connectivity index (χ4n) is 5.07. The summed E-state index contributed by atoms with van der Waals surface area (Å²) in [7, 11) is 1.89. The monoisotopic (exact) mass is 630 g/mol. The number of hydrogen-bond donors (Lipinski definition) is 3. The van der Waals surface area contributed by atoms with E-state index in [4.69, 9.17) is 9.72 Å². The van der Waals surface area contributed by atoms with Gasteiger partial charge in [-0.3, -0.25) is 14.4 Å². The van der Waals surface area contributed by atoms with Gasteiger partial charge in [-0.05, 0) is 54.8 Å². The number of rotatable bonds is 8. The number of likely N-dealkylation sites (tertiary alicyclic amines) is 1. The maximum absolute atomic E-state index is 13.1. The Balaban J connectivity index is 1.14. The van der Waals surface area contributed by atoms with Crippen LogP contribution in [0.2, 0.25) is 0 Å². The SMILES string of the molecule is Cc1ncc(Br)c(O[C@H]2CCN(CC(=O)Nc3cccc4c(-c5nc(Nc6cc(C)n(C)n6)ncc5C)c[nH]c34)C2)n1. The molecule has 5 aromatic rings. The van der Waals surface area contributed by atoms with Crippen molar-refractivity contribution < 1.29 is 9.53 Å². The van der Waals surface area contributed by atoms with Crippen molar-refractivity contribution in [2.24, 2.45) is 7.05 Å². The molecule has 1 fully saturated rings. The largest absolute Gasteiger partial charge is 0.472 e. The number of halogens is 1. The minimum absolute atomic E-state index is 0.0463. The van der Waals surface area contributed by atoms with Crippen molar-refractivity contribution in [1.82, 2.24) is 39.6 Å². The minimum atomic E-state index is -0.0891. The number of anilines is 3. The molecule has 5 heterocycles. The summed E-state index contributed by atoms with van der Waals surface area (Å²) in [6.45, 7) is 7.46. The fourth-order valence-corrected chi connectivity index (χ4v) is 5.35. The molecular weight excluding hydrogens is 600 g/mol. The number of carbonyl (C=O) groups is 1. The van der Waals surface area contributed by atoms with E-state index in [2.05, 4.69) is 56.5 Å². The van der Waals surface area contributed by atoms with Crippen molar-refractivity contribution in [3.05, 3.63) is 64.4 Å². The van der Waals surface area contributed by atoms with E-state index < -0.39 is 0 Å². The van der Waals surface area contributed by atoms with E-state index in [1.807, 2.05) is 58.3 Å². The second-order valence-corrected chi connectivity index (χ2v) is 11.3. The topological polar surface area (TPSA) is 139 Å². The Hall–Kier alpha value is -4.36. The van der Waals surface area contributed by atoms with Crippen molar-refractivity contribution in [2.45, 2.75) is 33.3 Å². The van der Waals surface area contributed by atoms with Gasteiger partial charge < -0.3 is 20.4 Å². The van der Waals surface area contributed by atoms with Crippen LogP contribution in [0.1, 0.15) is 23.5 Å². The average Bonchev–Trinajstić information content (AvgIpc) is 3.66. The second-order valence-electron chi connectivity index (χ2n) is 10.5. The molecule has 1 aliphatic rings. The zero-order valence-electron chi connectivity index (χ0n) is 23.8. The number of aromatic nitrogens is 7. The van der Waals surface area contributed by atoms with E-state index in [0.29, 0.717) is 35.7 Å². The van der Waals surface area contributed by atoms with Gasteiger partial charge in [0, 0.05) is 61.4 Å². The lowest BCUT2D eigenvalue weighted by atomic mass is 10.1. The molecule has 4 aromatic heterocycles. The first-order chi connectivity index (χ1) is 20.2. The molecule has 0 bridgehead atoms. The first-order valence-electron chi connectivity index (χ1n) is 13.6.